The van der Waals surface area contributed by atoms with Crippen molar-refractivity contribution >= 4 is 17.3 Å². The van der Waals surface area contributed by atoms with Crippen LogP contribution in [0.4, 0.5) is 0 Å². The van der Waals surface area contributed by atoms with Crippen molar-refractivity contribution in [2.24, 2.45) is 0 Å². The Morgan fingerprint density at radius 3 is 3.09 bits per heavy atom. The maximum absolute atomic E-state index is 10.5. The minimum Gasteiger partial charge on any atom is -0.459 e. The van der Waals surface area contributed by atoms with E-state index in [0.29, 0.717) is 0 Å². The Balaban J connectivity index is 2.66. The summed E-state index contributed by atoms with van der Waals surface area (Å²) >= 11 is 1.54. The van der Waals surface area contributed by atoms with E-state index in [9.17, 15) is 4.79 Å². The van der Waals surface area contributed by atoms with Crippen LogP contribution in [0.15, 0.2) is 16.8 Å². The Morgan fingerprint density at radius 1 is 1.73 bits per heavy atom. The van der Waals surface area contributed by atoms with Crippen LogP contribution in [-0.2, 0) is 9.53 Å². The van der Waals surface area contributed by atoms with Crippen LogP contribution >= 0.6 is 11.3 Å². The first-order chi connectivity index (χ1) is 5.33. The zero-order chi connectivity index (χ0) is 8.10. The summed E-state index contributed by atoms with van der Waals surface area (Å²) in [5.41, 5.74) is 0.848. The molecule has 0 spiro atoms. The van der Waals surface area contributed by atoms with Crippen molar-refractivity contribution in [1.82, 2.24) is 0 Å². The molecule has 0 aliphatic carbocycles. The molecule has 0 radical (unpaired) electrons. The van der Waals surface area contributed by atoms with Crippen LogP contribution in [0, 0.1) is 11.8 Å². The molecule has 0 aliphatic rings. The molecule has 0 unspecified atom stereocenters. The van der Waals surface area contributed by atoms with Gasteiger partial charge in [0, 0.05) is 16.9 Å². The third-order valence-electron chi connectivity index (χ3n) is 1.02. The van der Waals surface area contributed by atoms with E-state index in [1.807, 2.05) is 16.8 Å². The van der Waals surface area contributed by atoms with E-state index in [1.54, 1.807) is 11.3 Å². The second-order valence-electron chi connectivity index (χ2n) is 1.75. The van der Waals surface area contributed by atoms with Gasteiger partial charge in [-0.3, -0.25) is 0 Å². The van der Waals surface area contributed by atoms with Crippen LogP contribution in [0.25, 0.3) is 0 Å². The third kappa shape index (κ3) is 2.44. The average Bonchev–Trinajstić information content (AvgIpc) is 2.52. The number of thiophene rings is 1. The fraction of sp³-hybridized carbons (Fsp3) is 0.125. The van der Waals surface area contributed by atoms with Gasteiger partial charge >= 0.3 is 5.97 Å². The smallest absolute Gasteiger partial charge is 0.384 e. The van der Waals surface area contributed by atoms with Gasteiger partial charge in [-0.05, 0) is 11.4 Å². The van der Waals surface area contributed by atoms with Gasteiger partial charge in [0.2, 0.25) is 0 Å². The summed E-state index contributed by atoms with van der Waals surface area (Å²) in [7, 11) is 1.31. The highest BCUT2D eigenvalue weighted by atomic mass is 32.1. The van der Waals surface area contributed by atoms with Crippen LogP contribution in [0.5, 0.6) is 0 Å². The molecule has 3 heteroatoms. The van der Waals surface area contributed by atoms with Crippen LogP contribution < -0.4 is 0 Å². The second kappa shape index (κ2) is 3.79. The molecule has 1 rings (SSSR count). The summed E-state index contributed by atoms with van der Waals surface area (Å²) in [6, 6.07) is 1.85. The zero-order valence-corrected chi connectivity index (χ0v) is 6.77. The van der Waals surface area contributed by atoms with E-state index in [4.69, 9.17) is 0 Å². The molecule has 0 bridgehead atoms. The number of hydrogen-bond donors (Lipinski definition) is 0. The lowest BCUT2D eigenvalue weighted by atomic mass is 10.3. The van der Waals surface area contributed by atoms with Crippen LogP contribution in [0.1, 0.15) is 5.56 Å². The quantitative estimate of drug-likeness (QED) is 0.428. The molecule has 0 aromatic carbocycles. The lowest BCUT2D eigenvalue weighted by Gasteiger charge is -1.82. The van der Waals surface area contributed by atoms with Crippen molar-refractivity contribution in [3.05, 3.63) is 22.4 Å². The summed E-state index contributed by atoms with van der Waals surface area (Å²) in [6.07, 6.45) is 0. The molecule has 0 amide bonds. The van der Waals surface area contributed by atoms with Crippen LogP contribution in [0.2, 0.25) is 0 Å². The fourth-order valence-electron chi connectivity index (χ4n) is 0.510. The van der Waals surface area contributed by atoms with E-state index in [1.165, 1.54) is 7.11 Å². The lowest BCUT2D eigenvalue weighted by molar-refractivity contribution is -0.133. The highest BCUT2D eigenvalue weighted by Gasteiger charge is 1.89. The summed E-state index contributed by atoms with van der Waals surface area (Å²) in [4.78, 5) is 10.5. The van der Waals surface area contributed by atoms with Gasteiger partial charge in [-0.15, -0.1) is 0 Å². The summed E-state index contributed by atoms with van der Waals surface area (Å²) < 4.78 is 4.34. The van der Waals surface area contributed by atoms with E-state index in [-0.39, 0.29) is 0 Å². The van der Waals surface area contributed by atoms with Crippen LogP contribution in [-0.4, -0.2) is 13.1 Å². The van der Waals surface area contributed by atoms with E-state index >= 15 is 0 Å². The normalized spacial score (nSPS) is 8.09. The molecule has 0 N–H and O–H groups in total. The SMILES string of the molecule is COC(=O)C#Cc1ccsc1. The number of hydrogen-bond acceptors (Lipinski definition) is 3. The Morgan fingerprint density at radius 2 is 2.55 bits per heavy atom. The summed E-state index contributed by atoms with van der Waals surface area (Å²) in [6.45, 7) is 0. The first kappa shape index (κ1) is 7.83. The molecule has 1 aromatic rings. The maximum Gasteiger partial charge on any atom is 0.384 e. The topological polar surface area (TPSA) is 26.3 Å². The van der Waals surface area contributed by atoms with E-state index < -0.39 is 5.97 Å². The minimum atomic E-state index is -0.504. The molecule has 11 heavy (non-hydrogen) atoms. The summed E-state index contributed by atoms with van der Waals surface area (Å²) in [5.74, 6) is 4.49. The van der Waals surface area contributed by atoms with Crippen LogP contribution in [0.3, 0.4) is 0 Å². The number of esters is 1. The minimum absolute atomic E-state index is 0.504. The van der Waals surface area contributed by atoms with Gasteiger partial charge in [0.25, 0.3) is 0 Å². The monoisotopic (exact) mass is 166 g/mol. The molecule has 0 saturated carbocycles. The van der Waals surface area contributed by atoms with Crippen molar-refractivity contribution in [1.29, 1.82) is 0 Å². The van der Waals surface area contributed by atoms with E-state index in [2.05, 4.69) is 16.6 Å². The number of ether oxygens (including phenoxy) is 1. The molecule has 1 aromatic heterocycles. The fourth-order valence-corrected chi connectivity index (χ4v) is 1.10. The second-order valence-corrected chi connectivity index (χ2v) is 2.53. The van der Waals surface area contributed by atoms with Crippen molar-refractivity contribution in [2.75, 3.05) is 7.11 Å². The Labute approximate surface area is 68.8 Å². The predicted octanol–water partition coefficient (Wildman–Crippen LogP) is 1.27. The third-order valence-corrected chi connectivity index (χ3v) is 1.70. The highest BCUT2D eigenvalue weighted by molar-refractivity contribution is 7.08. The molecule has 56 valence electrons. The van der Waals surface area contributed by atoms with Gasteiger partial charge in [0.15, 0.2) is 0 Å². The predicted molar refractivity (Wildman–Crippen MR) is 43.2 cm³/mol. The van der Waals surface area contributed by atoms with Gasteiger partial charge in [-0.25, -0.2) is 4.79 Å². The van der Waals surface area contributed by atoms with Gasteiger partial charge in [0.05, 0.1) is 7.11 Å². The number of carbonyl (C=O) groups excluding carboxylic acids is 1. The van der Waals surface area contributed by atoms with E-state index in [0.717, 1.165) is 5.56 Å². The lowest BCUT2D eigenvalue weighted by Crippen LogP contribution is -1.93. The number of carbonyl (C=O) groups is 1. The zero-order valence-electron chi connectivity index (χ0n) is 5.96. The van der Waals surface area contributed by atoms with Gasteiger partial charge in [0.1, 0.15) is 0 Å². The highest BCUT2D eigenvalue weighted by Crippen LogP contribution is 2.02. The molecule has 0 saturated heterocycles. The maximum atomic E-state index is 10.5. The van der Waals surface area contributed by atoms with Gasteiger partial charge < -0.3 is 4.74 Å². The first-order valence-corrected chi connectivity index (χ1v) is 3.89. The Bertz CT molecular complexity index is 290. The molecule has 0 atom stereocenters. The molecular weight excluding hydrogens is 160 g/mol. The molecule has 2 nitrogen and oxygen atoms in total. The average molecular weight is 166 g/mol. The van der Waals surface area contributed by atoms with Crippen molar-refractivity contribution < 1.29 is 9.53 Å². The number of rotatable bonds is 0. The van der Waals surface area contributed by atoms with Gasteiger partial charge in [-0.1, -0.05) is 5.92 Å². The largest absolute Gasteiger partial charge is 0.459 e. The summed E-state index contributed by atoms with van der Waals surface area (Å²) in [5, 5.41) is 3.78. The van der Waals surface area contributed by atoms with Crippen molar-refractivity contribution in [2.45, 2.75) is 0 Å². The number of methoxy groups -OCH3 is 1. The molecular formula is C8H6O2S. The standard InChI is InChI=1S/C8H6O2S/c1-10-8(9)3-2-7-4-5-11-6-7/h4-6H,1H3. The van der Waals surface area contributed by atoms with Crippen molar-refractivity contribution in [3.8, 4) is 11.8 Å². The first-order valence-electron chi connectivity index (χ1n) is 2.95. The molecule has 0 aliphatic heterocycles. The Hall–Kier alpha value is -1.27. The Kier molecular flexibility index (Phi) is 2.70. The van der Waals surface area contributed by atoms with Gasteiger partial charge in [-0.2, -0.15) is 11.3 Å². The molecule has 0 fully saturated rings. The molecule has 1 heterocycles. The van der Waals surface area contributed by atoms with Crippen molar-refractivity contribution in [3.63, 3.8) is 0 Å².